The minimum absolute atomic E-state index is 0.257. The first-order chi connectivity index (χ1) is 41.6. The smallest absolute Gasteiger partial charge is 0.220 e. The van der Waals surface area contributed by atoms with Gasteiger partial charge in [-0.15, -0.1) is 0 Å². The molecule has 12 atom stereocenters. The van der Waals surface area contributed by atoms with Crippen molar-refractivity contribution in [3.05, 3.63) is 109 Å². The molecule has 12 unspecified atom stereocenters. The van der Waals surface area contributed by atoms with Crippen molar-refractivity contribution in [1.29, 1.82) is 0 Å². The highest BCUT2D eigenvalue weighted by atomic mass is 16.7. The second-order valence-corrected chi connectivity index (χ2v) is 23.2. The number of rotatable bonds is 53. The molecule has 2 fully saturated rings. The van der Waals surface area contributed by atoms with Crippen molar-refractivity contribution in [2.75, 3.05) is 19.8 Å². The maximum atomic E-state index is 13.3. The number of carbonyl (C=O) groups is 1. The van der Waals surface area contributed by atoms with Gasteiger partial charge >= 0.3 is 0 Å². The third-order valence-electron chi connectivity index (χ3n) is 15.7. The predicted molar refractivity (Wildman–Crippen MR) is 345 cm³/mol. The number of hydrogen-bond donors (Lipinski definition) is 9. The van der Waals surface area contributed by atoms with Crippen molar-refractivity contribution in [1.82, 2.24) is 5.32 Å². The van der Waals surface area contributed by atoms with E-state index >= 15 is 0 Å². The summed E-state index contributed by atoms with van der Waals surface area (Å²) in [6.07, 6.45) is 61.2. The molecule has 2 saturated heterocycles. The predicted octanol–water partition coefficient (Wildman–Crippen LogP) is 13.2. The fraction of sp³-hybridized carbons (Fsp3) is 0.732. The number of carbonyl (C=O) groups excluding carboxylic acids is 1. The molecule has 2 aliphatic heterocycles. The van der Waals surface area contributed by atoms with Gasteiger partial charge < -0.3 is 65.1 Å². The maximum Gasteiger partial charge on any atom is 0.220 e. The molecule has 2 heterocycles. The highest BCUT2D eigenvalue weighted by Crippen LogP contribution is 2.30. The van der Waals surface area contributed by atoms with E-state index in [2.05, 4.69) is 116 Å². The minimum Gasteiger partial charge on any atom is -0.394 e. The molecule has 0 radical (unpaired) electrons. The molecule has 0 saturated carbocycles. The van der Waals surface area contributed by atoms with E-state index in [1.165, 1.54) is 103 Å². The van der Waals surface area contributed by atoms with Crippen molar-refractivity contribution in [3.8, 4) is 0 Å². The molecule has 0 aliphatic carbocycles. The third-order valence-corrected chi connectivity index (χ3v) is 15.7. The van der Waals surface area contributed by atoms with Crippen LogP contribution in [0.25, 0.3) is 0 Å². The Hall–Kier alpha value is -3.35. The molecule has 488 valence electrons. The van der Waals surface area contributed by atoms with Gasteiger partial charge in [0.1, 0.15) is 48.8 Å². The lowest BCUT2D eigenvalue weighted by Gasteiger charge is -2.46. The Morgan fingerprint density at radius 2 is 0.812 bits per heavy atom. The van der Waals surface area contributed by atoms with Gasteiger partial charge in [-0.25, -0.2) is 0 Å². The average Bonchev–Trinajstić information content (AvgIpc) is 3.68. The van der Waals surface area contributed by atoms with Crippen LogP contribution in [0.5, 0.6) is 0 Å². The summed E-state index contributed by atoms with van der Waals surface area (Å²) in [7, 11) is 0. The molecule has 2 aliphatic rings. The van der Waals surface area contributed by atoms with Crippen LogP contribution in [0, 0.1) is 0 Å². The Balaban J connectivity index is 1.72. The van der Waals surface area contributed by atoms with E-state index in [0.717, 1.165) is 109 Å². The number of nitrogens with one attached hydrogen (secondary N) is 1. The highest BCUT2D eigenvalue weighted by Gasteiger charge is 2.51. The summed E-state index contributed by atoms with van der Waals surface area (Å²) in [5.74, 6) is -0.257. The van der Waals surface area contributed by atoms with Gasteiger partial charge in [-0.1, -0.05) is 258 Å². The lowest BCUT2D eigenvalue weighted by atomic mass is 9.97. The fourth-order valence-electron chi connectivity index (χ4n) is 10.4. The molecule has 14 heteroatoms. The normalized spacial score (nSPS) is 24.3. The van der Waals surface area contributed by atoms with Gasteiger partial charge in [-0.3, -0.25) is 4.79 Å². The van der Waals surface area contributed by atoms with Crippen LogP contribution >= 0.6 is 0 Å². The van der Waals surface area contributed by atoms with Crippen molar-refractivity contribution in [2.24, 2.45) is 0 Å². The van der Waals surface area contributed by atoms with E-state index in [9.17, 15) is 45.6 Å². The van der Waals surface area contributed by atoms with Gasteiger partial charge in [0.05, 0.1) is 32.0 Å². The SMILES string of the molecule is CC/C=C\C/C=C\C/C=C\C/C=C\C/C=C\C/C=C\C/C=C\C/C=C\CCCCCCCCC(=O)NC(COC1OC(CO)C(OC2OC(CO)C(O)C(O)C2O)C(O)C1O)C(O)/C=C/CCCCCCCCCCCCCCCCCCCC. The van der Waals surface area contributed by atoms with Crippen molar-refractivity contribution in [2.45, 2.75) is 312 Å². The van der Waals surface area contributed by atoms with E-state index in [1.807, 2.05) is 6.08 Å². The van der Waals surface area contributed by atoms with Crippen molar-refractivity contribution >= 4 is 5.91 Å². The molecule has 85 heavy (non-hydrogen) atoms. The number of ether oxygens (including phenoxy) is 4. The average molecular weight is 1200 g/mol. The Morgan fingerprint density at radius 1 is 0.435 bits per heavy atom. The standard InChI is InChI=1S/C71H121NO13/c1-3-5-7-9-11-13-15-17-19-21-23-25-26-27-28-29-30-31-32-33-34-35-37-39-41-43-45-47-49-51-53-55-63(76)72-59(60(75)54-52-50-48-46-44-42-40-38-36-24-22-20-18-16-14-12-10-8-6-4-2)58-82-70-68(81)66(79)69(62(57-74)84-70)85-71-67(80)65(78)64(77)61(56-73)83-71/h5,7,11,13,17,19,23,25,27-28,30-31,33-34,37,39,52,54,59-62,64-71,73-75,77-81H,3-4,6,8-10,12,14-16,18,20-22,24,26,29,32,35-36,38,40-51,53,55-58H2,1-2H3,(H,72,76)/b7-5-,13-11-,19-17-,25-23-,28-27-,31-30-,34-33-,39-37-,54-52+. The number of hydrogen-bond acceptors (Lipinski definition) is 13. The molecular formula is C71H121NO13. The third kappa shape index (κ3) is 39.3. The van der Waals surface area contributed by atoms with Crippen LogP contribution in [-0.4, -0.2) is 140 Å². The Labute approximate surface area is 515 Å². The summed E-state index contributed by atoms with van der Waals surface area (Å²) in [5.41, 5.74) is 0. The lowest BCUT2D eigenvalue weighted by Crippen LogP contribution is -2.65. The second kappa shape index (κ2) is 54.8. The van der Waals surface area contributed by atoms with E-state index in [4.69, 9.17) is 18.9 Å². The Morgan fingerprint density at radius 3 is 1.25 bits per heavy atom. The quantitative estimate of drug-likeness (QED) is 0.0204. The van der Waals surface area contributed by atoms with Crippen LogP contribution < -0.4 is 5.32 Å². The highest BCUT2D eigenvalue weighted by molar-refractivity contribution is 5.76. The van der Waals surface area contributed by atoms with Crippen LogP contribution in [0.4, 0.5) is 0 Å². The van der Waals surface area contributed by atoms with Crippen LogP contribution in [0.2, 0.25) is 0 Å². The van der Waals surface area contributed by atoms with E-state index in [1.54, 1.807) is 6.08 Å². The number of aliphatic hydroxyl groups excluding tert-OH is 8. The summed E-state index contributed by atoms with van der Waals surface area (Å²) < 4.78 is 22.8. The van der Waals surface area contributed by atoms with E-state index in [-0.39, 0.29) is 18.9 Å². The van der Waals surface area contributed by atoms with Crippen LogP contribution in [0.3, 0.4) is 0 Å². The lowest BCUT2D eigenvalue weighted by molar-refractivity contribution is -0.359. The first-order valence-corrected chi connectivity index (χ1v) is 33.6. The van der Waals surface area contributed by atoms with Crippen LogP contribution in [-0.2, 0) is 23.7 Å². The molecule has 0 bridgehead atoms. The first-order valence-electron chi connectivity index (χ1n) is 33.6. The zero-order valence-electron chi connectivity index (χ0n) is 52.8. The van der Waals surface area contributed by atoms with E-state index < -0.39 is 86.8 Å². The van der Waals surface area contributed by atoms with Gasteiger partial charge in [0, 0.05) is 6.42 Å². The van der Waals surface area contributed by atoms with Gasteiger partial charge in [-0.05, 0) is 83.5 Å². The number of unbranched alkanes of at least 4 members (excludes halogenated alkanes) is 24. The van der Waals surface area contributed by atoms with Gasteiger partial charge in [0.25, 0.3) is 0 Å². The van der Waals surface area contributed by atoms with E-state index in [0.29, 0.717) is 6.42 Å². The molecular weight excluding hydrogens is 1070 g/mol. The van der Waals surface area contributed by atoms with Crippen LogP contribution in [0.15, 0.2) is 109 Å². The fourth-order valence-corrected chi connectivity index (χ4v) is 10.4. The monoisotopic (exact) mass is 1200 g/mol. The van der Waals surface area contributed by atoms with Crippen molar-refractivity contribution in [3.63, 3.8) is 0 Å². The zero-order chi connectivity index (χ0) is 61.6. The molecule has 2 rings (SSSR count). The van der Waals surface area contributed by atoms with Gasteiger partial charge in [-0.2, -0.15) is 0 Å². The largest absolute Gasteiger partial charge is 0.394 e. The summed E-state index contributed by atoms with van der Waals surface area (Å²) in [6, 6.07) is -0.932. The Bertz CT molecular complexity index is 1840. The first kappa shape index (κ1) is 77.7. The summed E-state index contributed by atoms with van der Waals surface area (Å²) in [5, 5.41) is 87.3. The number of allylic oxidation sites excluding steroid dienone is 17. The summed E-state index contributed by atoms with van der Waals surface area (Å²) >= 11 is 0. The molecule has 0 aromatic heterocycles. The zero-order valence-corrected chi connectivity index (χ0v) is 52.8. The molecule has 0 aromatic rings. The van der Waals surface area contributed by atoms with Crippen molar-refractivity contribution < 1.29 is 64.6 Å². The van der Waals surface area contributed by atoms with Gasteiger partial charge in [0.15, 0.2) is 12.6 Å². The molecule has 0 spiro atoms. The molecule has 9 N–H and O–H groups in total. The minimum atomic E-state index is -1.80. The molecule has 0 aromatic carbocycles. The summed E-state index contributed by atoms with van der Waals surface area (Å²) in [4.78, 5) is 13.3. The topological polar surface area (TPSA) is 228 Å². The second-order valence-electron chi connectivity index (χ2n) is 23.2. The number of aliphatic hydroxyl groups is 8. The Kier molecular flexibility index (Phi) is 50.1. The molecule has 1 amide bonds. The van der Waals surface area contributed by atoms with Crippen LogP contribution in [0.1, 0.15) is 239 Å². The summed E-state index contributed by atoms with van der Waals surface area (Å²) in [6.45, 7) is 2.68. The maximum absolute atomic E-state index is 13.3. The van der Waals surface area contributed by atoms with Gasteiger partial charge in [0.2, 0.25) is 5.91 Å². The molecule has 14 nitrogen and oxygen atoms in total. The number of amides is 1.